The molecule has 0 radical (unpaired) electrons. The first-order chi connectivity index (χ1) is 17.4. The highest BCUT2D eigenvalue weighted by Crippen LogP contribution is 2.46. The van der Waals surface area contributed by atoms with Gasteiger partial charge in [0.25, 0.3) is 0 Å². The number of ether oxygens (including phenoxy) is 1. The third-order valence-electron chi connectivity index (χ3n) is 9.80. The molecule has 5 nitrogen and oxygen atoms in total. The van der Waals surface area contributed by atoms with Crippen molar-refractivity contribution >= 4 is 11.6 Å². The molecule has 0 aliphatic heterocycles. The van der Waals surface area contributed by atoms with Gasteiger partial charge < -0.3 is 14.9 Å². The molecule has 3 fully saturated rings. The summed E-state index contributed by atoms with van der Waals surface area (Å²) in [6.07, 6.45) is 11.5. The zero-order valence-corrected chi connectivity index (χ0v) is 21.6. The van der Waals surface area contributed by atoms with Crippen molar-refractivity contribution in [1.29, 1.82) is 0 Å². The van der Waals surface area contributed by atoms with Gasteiger partial charge in [0.2, 0.25) is 0 Å². The fourth-order valence-electron chi connectivity index (χ4n) is 7.54. The Labute approximate surface area is 215 Å². The maximum absolute atomic E-state index is 13.4. The molecule has 0 bridgehead atoms. The minimum absolute atomic E-state index is 0.0472. The molecule has 3 saturated carbocycles. The van der Waals surface area contributed by atoms with Gasteiger partial charge in [-0.05, 0) is 91.9 Å². The molecule has 0 amide bonds. The Morgan fingerprint density at radius 2 is 1.78 bits per heavy atom. The molecular formula is C31H40O5. The number of aliphatic hydroxyl groups is 1. The molecule has 1 aromatic carbocycles. The second-order valence-corrected chi connectivity index (χ2v) is 11.9. The SMILES string of the molecule is COc1cc2c(cc1O)CC#C[C@]1(CC[C@@H](CC[C@@H]3CC[C@@H]4CC(=O)CC[C@H]4C3)C[C@H]1O)C(=O)CC2. The van der Waals surface area contributed by atoms with Crippen molar-refractivity contribution in [3.8, 4) is 23.3 Å². The van der Waals surface area contributed by atoms with E-state index in [1.54, 1.807) is 6.07 Å². The van der Waals surface area contributed by atoms with Crippen molar-refractivity contribution in [2.45, 2.75) is 96.0 Å². The van der Waals surface area contributed by atoms with E-state index < -0.39 is 11.5 Å². The second-order valence-electron chi connectivity index (χ2n) is 11.9. The summed E-state index contributed by atoms with van der Waals surface area (Å²) in [7, 11) is 1.52. The summed E-state index contributed by atoms with van der Waals surface area (Å²) < 4.78 is 5.25. The number of aliphatic hydroxyl groups excluding tert-OH is 1. The van der Waals surface area contributed by atoms with Crippen molar-refractivity contribution in [2.75, 3.05) is 7.11 Å². The monoisotopic (exact) mass is 492 g/mol. The first kappa shape index (κ1) is 25.3. The van der Waals surface area contributed by atoms with Crippen molar-refractivity contribution in [3.63, 3.8) is 0 Å². The van der Waals surface area contributed by atoms with Gasteiger partial charge >= 0.3 is 0 Å². The molecule has 0 aromatic heterocycles. The molecule has 6 atom stereocenters. The first-order valence-electron chi connectivity index (χ1n) is 14.0. The highest BCUT2D eigenvalue weighted by atomic mass is 16.5. The lowest BCUT2D eigenvalue weighted by molar-refractivity contribution is -0.134. The van der Waals surface area contributed by atoms with Gasteiger partial charge in [-0.3, -0.25) is 9.59 Å². The molecule has 5 heteroatoms. The van der Waals surface area contributed by atoms with Crippen molar-refractivity contribution in [2.24, 2.45) is 29.1 Å². The van der Waals surface area contributed by atoms with Crippen LogP contribution < -0.4 is 4.74 Å². The lowest BCUT2D eigenvalue weighted by atomic mass is 9.63. The molecule has 0 unspecified atom stereocenters. The number of fused-ring (bicyclic) bond motifs is 2. The van der Waals surface area contributed by atoms with Gasteiger partial charge in [0.1, 0.15) is 11.2 Å². The number of aromatic hydroxyl groups is 1. The molecule has 0 saturated heterocycles. The minimum Gasteiger partial charge on any atom is -0.504 e. The van der Waals surface area contributed by atoms with Crippen LogP contribution in [0.5, 0.6) is 11.5 Å². The molecule has 4 aliphatic rings. The summed E-state index contributed by atoms with van der Waals surface area (Å²) in [5.41, 5.74) is 0.938. The van der Waals surface area contributed by atoms with Crippen molar-refractivity contribution < 1.29 is 24.5 Å². The van der Waals surface area contributed by atoms with Gasteiger partial charge in [-0.25, -0.2) is 0 Å². The van der Waals surface area contributed by atoms with Crippen LogP contribution in [0.4, 0.5) is 0 Å². The van der Waals surface area contributed by atoms with E-state index in [0.717, 1.165) is 55.1 Å². The van der Waals surface area contributed by atoms with Crippen molar-refractivity contribution in [1.82, 2.24) is 0 Å². The predicted octanol–water partition coefficient (Wildman–Crippen LogP) is 5.18. The average Bonchev–Trinajstić information content (AvgIpc) is 2.93. The Hall–Kier alpha value is -2.32. The number of hydrogen-bond acceptors (Lipinski definition) is 5. The summed E-state index contributed by atoms with van der Waals surface area (Å²) in [6.45, 7) is 0. The number of aryl methyl sites for hydroxylation is 1. The summed E-state index contributed by atoms with van der Waals surface area (Å²) >= 11 is 0. The van der Waals surface area contributed by atoms with Gasteiger partial charge in [-0.1, -0.05) is 31.1 Å². The normalized spacial score (nSPS) is 34.4. The lowest BCUT2D eigenvalue weighted by Gasteiger charge is -2.41. The Balaban J connectivity index is 1.19. The summed E-state index contributed by atoms with van der Waals surface area (Å²) in [5, 5.41) is 21.5. The van der Waals surface area contributed by atoms with Crippen LogP contribution in [0.25, 0.3) is 0 Å². The fourth-order valence-corrected chi connectivity index (χ4v) is 7.54. The molecule has 2 N–H and O–H groups in total. The van der Waals surface area contributed by atoms with E-state index in [0.29, 0.717) is 55.5 Å². The number of carbonyl (C=O) groups is 2. The first-order valence-corrected chi connectivity index (χ1v) is 14.0. The van der Waals surface area contributed by atoms with E-state index in [1.807, 2.05) is 6.07 Å². The zero-order chi connectivity index (χ0) is 25.3. The molecule has 194 valence electrons. The van der Waals surface area contributed by atoms with Crippen LogP contribution in [-0.2, 0) is 22.4 Å². The summed E-state index contributed by atoms with van der Waals surface area (Å²) in [6, 6.07) is 3.50. The Bertz CT molecular complexity index is 1060. The molecule has 5 rings (SSSR count). The van der Waals surface area contributed by atoms with E-state index in [2.05, 4.69) is 11.8 Å². The van der Waals surface area contributed by atoms with Crippen LogP contribution in [0.15, 0.2) is 12.1 Å². The largest absolute Gasteiger partial charge is 0.504 e. The highest BCUT2D eigenvalue weighted by molar-refractivity contribution is 5.89. The van der Waals surface area contributed by atoms with Crippen LogP contribution in [0.2, 0.25) is 0 Å². The van der Waals surface area contributed by atoms with Gasteiger partial charge in [0.15, 0.2) is 17.3 Å². The number of carbonyl (C=O) groups excluding carboxylic acids is 2. The summed E-state index contributed by atoms with van der Waals surface area (Å²) in [5.74, 6) is 9.98. The van der Waals surface area contributed by atoms with Gasteiger partial charge in [0.05, 0.1) is 13.2 Å². The molecule has 4 aliphatic carbocycles. The quantitative estimate of drug-likeness (QED) is 0.566. The van der Waals surface area contributed by atoms with Crippen LogP contribution in [0.3, 0.4) is 0 Å². The average molecular weight is 493 g/mol. The third-order valence-corrected chi connectivity index (χ3v) is 9.80. The number of rotatable bonds is 4. The number of ketones is 2. The Morgan fingerprint density at radius 3 is 2.56 bits per heavy atom. The molecule has 1 spiro atoms. The Morgan fingerprint density at radius 1 is 0.972 bits per heavy atom. The van der Waals surface area contributed by atoms with Crippen LogP contribution in [0.1, 0.15) is 88.2 Å². The molecule has 36 heavy (non-hydrogen) atoms. The second kappa shape index (κ2) is 10.6. The van der Waals surface area contributed by atoms with E-state index in [9.17, 15) is 19.8 Å². The number of benzene rings is 1. The third kappa shape index (κ3) is 5.07. The van der Waals surface area contributed by atoms with Crippen LogP contribution >= 0.6 is 0 Å². The van der Waals surface area contributed by atoms with E-state index >= 15 is 0 Å². The summed E-state index contributed by atoms with van der Waals surface area (Å²) in [4.78, 5) is 25.2. The Kier molecular flexibility index (Phi) is 7.45. The van der Waals surface area contributed by atoms with Crippen LogP contribution in [-0.4, -0.2) is 35.0 Å². The van der Waals surface area contributed by atoms with Crippen LogP contribution in [0, 0.1) is 40.9 Å². The highest BCUT2D eigenvalue weighted by Gasteiger charge is 2.47. The number of phenolic OH excluding ortho intramolecular Hbond substituents is 1. The fraction of sp³-hybridized carbons (Fsp3) is 0.677. The zero-order valence-electron chi connectivity index (χ0n) is 21.6. The predicted molar refractivity (Wildman–Crippen MR) is 138 cm³/mol. The number of hydrogen-bond donors (Lipinski definition) is 2. The van der Waals surface area contributed by atoms with E-state index in [1.165, 1.54) is 32.8 Å². The van der Waals surface area contributed by atoms with Gasteiger partial charge in [0, 0.05) is 25.7 Å². The molecule has 0 heterocycles. The van der Waals surface area contributed by atoms with Gasteiger partial charge in [-0.2, -0.15) is 0 Å². The van der Waals surface area contributed by atoms with E-state index in [4.69, 9.17) is 4.74 Å². The number of Topliss-reactive ketones (excluding diaryl/α,β-unsaturated/α-hetero) is 2. The topological polar surface area (TPSA) is 83.8 Å². The smallest absolute Gasteiger partial charge is 0.160 e. The number of phenols is 1. The molecule has 1 aromatic rings. The molecular weight excluding hydrogens is 452 g/mol. The van der Waals surface area contributed by atoms with Gasteiger partial charge in [-0.15, -0.1) is 0 Å². The van der Waals surface area contributed by atoms with E-state index in [-0.39, 0.29) is 11.5 Å². The maximum Gasteiger partial charge on any atom is 0.160 e. The number of methoxy groups -OCH3 is 1. The maximum atomic E-state index is 13.4. The standard InChI is InChI=1S/C31H40O5/c1-36-28-19-25-9-11-29(34)31(13-2-3-22(25)18-27(28)33)14-12-21(16-30(31)35)5-4-20-6-7-24-17-26(32)10-8-23(24)15-20/h18-21,23-24,30,33,35H,3-12,14-17H2,1H3/t20-,21-,23+,24-,30-,31+/m1/s1. The lowest BCUT2D eigenvalue weighted by Crippen LogP contribution is -2.46. The van der Waals surface area contributed by atoms with Crippen molar-refractivity contribution in [3.05, 3.63) is 23.3 Å². The minimum atomic E-state index is -0.961.